The van der Waals surface area contributed by atoms with Crippen LogP contribution in [0.4, 0.5) is 0 Å². The molecule has 17 heavy (non-hydrogen) atoms. The SMILES string of the molecule is CCCNC(C1CCC1)C1CCCCC1CC. The summed E-state index contributed by atoms with van der Waals surface area (Å²) >= 11 is 0. The summed E-state index contributed by atoms with van der Waals surface area (Å²) in [5, 5.41) is 3.91. The number of hydrogen-bond donors (Lipinski definition) is 1. The Labute approximate surface area is 108 Å². The van der Waals surface area contributed by atoms with Gasteiger partial charge >= 0.3 is 0 Å². The summed E-state index contributed by atoms with van der Waals surface area (Å²) in [7, 11) is 0. The molecule has 2 rings (SSSR count). The molecule has 0 amide bonds. The smallest absolute Gasteiger partial charge is 0.0126 e. The zero-order valence-corrected chi connectivity index (χ0v) is 11.9. The van der Waals surface area contributed by atoms with Gasteiger partial charge in [0, 0.05) is 6.04 Å². The molecule has 0 bridgehead atoms. The minimum atomic E-state index is 0.856. The van der Waals surface area contributed by atoms with E-state index >= 15 is 0 Å². The number of hydrogen-bond acceptors (Lipinski definition) is 1. The Morgan fingerprint density at radius 1 is 1.00 bits per heavy atom. The van der Waals surface area contributed by atoms with Crippen molar-refractivity contribution >= 4 is 0 Å². The lowest BCUT2D eigenvalue weighted by molar-refractivity contribution is 0.101. The second kappa shape index (κ2) is 6.78. The van der Waals surface area contributed by atoms with Gasteiger partial charge in [-0.05, 0) is 50.0 Å². The molecule has 3 atom stereocenters. The van der Waals surface area contributed by atoms with Crippen LogP contribution in [0.25, 0.3) is 0 Å². The van der Waals surface area contributed by atoms with Crippen LogP contribution in [0.1, 0.15) is 71.6 Å². The predicted molar refractivity (Wildman–Crippen MR) is 75.2 cm³/mol. The van der Waals surface area contributed by atoms with Gasteiger partial charge in [-0.3, -0.25) is 0 Å². The van der Waals surface area contributed by atoms with Crippen LogP contribution in [-0.2, 0) is 0 Å². The summed E-state index contributed by atoms with van der Waals surface area (Å²) in [6, 6.07) is 0.856. The largest absolute Gasteiger partial charge is 0.313 e. The van der Waals surface area contributed by atoms with Gasteiger partial charge in [0.1, 0.15) is 0 Å². The molecule has 0 aromatic heterocycles. The molecule has 0 saturated heterocycles. The van der Waals surface area contributed by atoms with Crippen LogP contribution in [-0.4, -0.2) is 12.6 Å². The van der Waals surface area contributed by atoms with Crippen molar-refractivity contribution in [2.75, 3.05) is 6.54 Å². The van der Waals surface area contributed by atoms with Crippen molar-refractivity contribution < 1.29 is 0 Å². The third kappa shape index (κ3) is 3.24. The molecule has 1 heteroatoms. The highest BCUT2D eigenvalue weighted by Gasteiger charge is 2.37. The van der Waals surface area contributed by atoms with Gasteiger partial charge in [-0.25, -0.2) is 0 Å². The molecule has 0 aromatic rings. The van der Waals surface area contributed by atoms with Crippen LogP contribution in [0.15, 0.2) is 0 Å². The Hall–Kier alpha value is -0.0400. The van der Waals surface area contributed by atoms with E-state index in [0.29, 0.717) is 0 Å². The first-order valence-electron chi connectivity index (χ1n) is 8.10. The van der Waals surface area contributed by atoms with Crippen LogP contribution in [0.5, 0.6) is 0 Å². The normalized spacial score (nSPS) is 32.1. The first-order chi connectivity index (χ1) is 8.36. The van der Waals surface area contributed by atoms with E-state index in [9.17, 15) is 0 Å². The molecule has 1 N–H and O–H groups in total. The Kier molecular flexibility index (Phi) is 5.34. The van der Waals surface area contributed by atoms with Crippen LogP contribution in [0.2, 0.25) is 0 Å². The molecule has 0 spiro atoms. The average molecular weight is 237 g/mol. The van der Waals surface area contributed by atoms with E-state index in [-0.39, 0.29) is 0 Å². The molecule has 2 fully saturated rings. The highest BCUT2D eigenvalue weighted by Crippen LogP contribution is 2.41. The maximum atomic E-state index is 3.91. The average Bonchev–Trinajstić information content (AvgIpc) is 2.32. The van der Waals surface area contributed by atoms with E-state index in [2.05, 4.69) is 19.2 Å². The first kappa shape index (κ1) is 13.4. The van der Waals surface area contributed by atoms with Gasteiger partial charge in [0.15, 0.2) is 0 Å². The molecule has 0 aliphatic heterocycles. The molecule has 0 heterocycles. The van der Waals surface area contributed by atoms with Crippen molar-refractivity contribution in [3.8, 4) is 0 Å². The number of rotatable bonds is 6. The minimum Gasteiger partial charge on any atom is -0.313 e. The highest BCUT2D eigenvalue weighted by molar-refractivity contribution is 4.91. The van der Waals surface area contributed by atoms with Gasteiger partial charge in [0.05, 0.1) is 0 Å². The van der Waals surface area contributed by atoms with E-state index in [1.54, 1.807) is 0 Å². The summed E-state index contributed by atoms with van der Waals surface area (Å²) in [5.41, 5.74) is 0. The molecule has 1 nitrogen and oxygen atoms in total. The van der Waals surface area contributed by atoms with Gasteiger partial charge in [-0.1, -0.05) is 46.0 Å². The quantitative estimate of drug-likeness (QED) is 0.723. The fourth-order valence-corrected chi connectivity index (χ4v) is 3.99. The molecule has 0 aromatic carbocycles. The third-order valence-electron chi connectivity index (χ3n) is 5.24. The second-order valence-corrected chi connectivity index (χ2v) is 6.29. The van der Waals surface area contributed by atoms with Gasteiger partial charge in [-0.15, -0.1) is 0 Å². The maximum absolute atomic E-state index is 3.91. The van der Waals surface area contributed by atoms with Gasteiger partial charge in [0.25, 0.3) is 0 Å². The third-order valence-corrected chi connectivity index (χ3v) is 5.24. The lowest BCUT2D eigenvalue weighted by Crippen LogP contribution is -2.48. The highest BCUT2D eigenvalue weighted by atomic mass is 14.9. The summed E-state index contributed by atoms with van der Waals surface area (Å²) in [6.07, 6.45) is 13.1. The molecule has 0 radical (unpaired) electrons. The van der Waals surface area contributed by atoms with Crippen molar-refractivity contribution in [3.63, 3.8) is 0 Å². The Bertz CT molecular complexity index is 210. The van der Waals surface area contributed by atoms with Crippen molar-refractivity contribution in [1.82, 2.24) is 5.32 Å². The van der Waals surface area contributed by atoms with Gasteiger partial charge in [-0.2, -0.15) is 0 Å². The Morgan fingerprint density at radius 3 is 2.35 bits per heavy atom. The number of nitrogens with one attached hydrogen (secondary N) is 1. The van der Waals surface area contributed by atoms with Crippen LogP contribution >= 0.6 is 0 Å². The van der Waals surface area contributed by atoms with Crippen molar-refractivity contribution in [3.05, 3.63) is 0 Å². The monoisotopic (exact) mass is 237 g/mol. The fraction of sp³-hybridized carbons (Fsp3) is 1.00. The molecule has 2 aliphatic carbocycles. The molecule has 2 aliphatic rings. The second-order valence-electron chi connectivity index (χ2n) is 6.29. The standard InChI is InChI=1S/C16H31N/c1-3-12-17-16(14-9-7-10-14)15-11-6-5-8-13(15)4-2/h13-17H,3-12H2,1-2H3. The van der Waals surface area contributed by atoms with Crippen LogP contribution < -0.4 is 5.32 Å². The van der Waals surface area contributed by atoms with Crippen LogP contribution in [0.3, 0.4) is 0 Å². The van der Waals surface area contributed by atoms with E-state index in [4.69, 9.17) is 0 Å². The topological polar surface area (TPSA) is 12.0 Å². The minimum absolute atomic E-state index is 0.856. The van der Waals surface area contributed by atoms with Gasteiger partial charge < -0.3 is 5.32 Å². The summed E-state index contributed by atoms with van der Waals surface area (Å²) in [5.74, 6) is 3.02. The molecular formula is C16H31N. The molecule has 3 unspecified atom stereocenters. The lowest BCUT2D eigenvalue weighted by Gasteiger charge is -2.44. The lowest BCUT2D eigenvalue weighted by atomic mass is 9.66. The van der Waals surface area contributed by atoms with E-state index in [0.717, 1.165) is 23.8 Å². The fourth-order valence-electron chi connectivity index (χ4n) is 3.99. The van der Waals surface area contributed by atoms with Crippen molar-refractivity contribution in [2.45, 2.75) is 77.7 Å². The maximum Gasteiger partial charge on any atom is 0.0126 e. The molecular weight excluding hydrogens is 206 g/mol. The Morgan fingerprint density at radius 2 is 1.76 bits per heavy atom. The summed E-state index contributed by atoms with van der Waals surface area (Å²) in [6.45, 7) is 5.93. The van der Waals surface area contributed by atoms with Crippen molar-refractivity contribution in [2.24, 2.45) is 17.8 Å². The first-order valence-corrected chi connectivity index (χ1v) is 8.10. The van der Waals surface area contributed by atoms with Crippen molar-refractivity contribution in [1.29, 1.82) is 0 Å². The van der Waals surface area contributed by atoms with Crippen LogP contribution in [0, 0.1) is 17.8 Å². The zero-order valence-electron chi connectivity index (χ0n) is 11.9. The van der Waals surface area contributed by atoms with E-state index < -0.39 is 0 Å². The predicted octanol–water partition coefficient (Wildman–Crippen LogP) is 4.37. The van der Waals surface area contributed by atoms with E-state index in [1.807, 2.05) is 0 Å². The Balaban J connectivity index is 1.95. The molecule has 2 saturated carbocycles. The zero-order chi connectivity index (χ0) is 12.1. The van der Waals surface area contributed by atoms with E-state index in [1.165, 1.54) is 64.3 Å². The van der Waals surface area contributed by atoms with Gasteiger partial charge in [0.2, 0.25) is 0 Å². The summed E-state index contributed by atoms with van der Waals surface area (Å²) in [4.78, 5) is 0. The summed E-state index contributed by atoms with van der Waals surface area (Å²) < 4.78 is 0. The molecule has 100 valence electrons.